The van der Waals surface area contributed by atoms with Crippen LogP contribution >= 0.6 is 23.2 Å². The predicted octanol–water partition coefficient (Wildman–Crippen LogP) is 7.81. The van der Waals surface area contributed by atoms with Crippen LogP contribution in [0.25, 0.3) is 5.57 Å². The number of benzene rings is 2. The first kappa shape index (κ1) is 21.8. The summed E-state index contributed by atoms with van der Waals surface area (Å²) in [5.74, 6) is 0. The second kappa shape index (κ2) is 9.13. The van der Waals surface area contributed by atoms with Crippen molar-refractivity contribution in [3.63, 3.8) is 0 Å². The zero-order chi connectivity index (χ0) is 20.1. The van der Waals surface area contributed by atoms with Crippen molar-refractivity contribution >= 4 is 28.8 Å². The molecule has 0 fully saturated rings. The largest absolute Gasteiger partial charge is 0.370 e. The SMILES string of the molecule is CCCOC(C)(C=C=C(c1ccc(Cl)cc1)c1ccc(Cl)cc1)C(C)(C)C. The highest BCUT2D eigenvalue weighted by Gasteiger charge is 2.36. The molecule has 0 saturated heterocycles. The number of ether oxygens (including phenoxy) is 1. The van der Waals surface area contributed by atoms with Crippen LogP contribution in [0.2, 0.25) is 10.0 Å². The number of halogens is 2. The fourth-order valence-electron chi connectivity index (χ4n) is 2.57. The van der Waals surface area contributed by atoms with Crippen LogP contribution in [-0.2, 0) is 4.74 Å². The maximum Gasteiger partial charge on any atom is 0.0955 e. The van der Waals surface area contributed by atoms with Crippen LogP contribution in [0.3, 0.4) is 0 Å². The summed E-state index contributed by atoms with van der Waals surface area (Å²) < 4.78 is 6.23. The third-order valence-electron chi connectivity index (χ3n) is 4.85. The van der Waals surface area contributed by atoms with Crippen molar-refractivity contribution in [3.05, 3.63) is 81.5 Å². The van der Waals surface area contributed by atoms with E-state index in [4.69, 9.17) is 27.9 Å². The molecule has 2 aromatic carbocycles. The van der Waals surface area contributed by atoms with Gasteiger partial charge in [-0.15, -0.1) is 5.73 Å². The van der Waals surface area contributed by atoms with Crippen LogP contribution in [0.5, 0.6) is 0 Å². The molecule has 0 aliphatic rings. The van der Waals surface area contributed by atoms with Gasteiger partial charge in [-0.25, -0.2) is 0 Å². The Bertz CT molecular complexity index is 759. The molecule has 144 valence electrons. The molecule has 0 bridgehead atoms. The molecule has 1 atom stereocenters. The Labute approximate surface area is 173 Å². The highest BCUT2D eigenvalue weighted by Crippen LogP contribution is 2.35. The lowest BCUT2D eigenvalue weighted by Crippen LogP contribution is -2.40. The molecule has 3 heteroatoms. The molecule has 0 spiro atoms. The number of hydrogen-bond donors (Lipinski definition) is 0. The summed E-state index contributed by atoms with van der Waals surface area (Å²) in [6.45, 7) is 11.5. The Morgan fingerprint density at radius 2 is 1.33 bits per heavy atom. The molecule has 0 aromatic heterocycles. The molecule has 1 unspecified atom stereocenters. The van der Waals surface area contributed by atoms with Gasteiger partial charge in [0.1, 0.15) is 0 Å². The van der Waals surface area contributed by atoms with Crippen LogP contribution in [0.4, 0.5) is 0 Å². The van der Waals surface area contributed by atoms with Gasteiger partial charge in [-0.1, -0.05) is 75.2 Å². The van der Waals surface area contributed by atoms with Gasteiger partial charge in [-0.2, -0.15) is 0 Å². The van der Waals surface area contributed by atoms with Gasteiger partial charge in [-0.3, -0.25) is 0 Å². The van der Waals surface area contributed by atoms with Crippen LogP contribution in [-0.4, -0.2) is 12.2 Å². The van der Waals surface area contributed by atoms with Gasteiger partial charge in [0.25, 0.3) is 0 Å². The van der Waals surface area contributed by atoms with Crippen LogP contribution < -0.4 is 0 Å². The Hall–Kier alpha value is -1.50. The summed E-state index contributed by atoms with van der Waals surface area (Å²) in [5, 5.41) is 1.42. The van der Waals surface area contributed by atoms with Gasteiger partial charge in [0.05, 0.1) is 5.60 Å². The smallest absolute Gasteiger partial charge is 0.0955 e. The summed E-state index contributed by atoms with van der Waals surface area (Å²) in [6, 6.07) is 15.6. The second-order valence-corrected chi connectivity index (χ2v) is 8.76. The minimum absolute atomic E-state index is 0.0692. The van der Waals surface area contributed by atoms with E-state index in [0.29, 0.717) is 16.7 Å². The van der Waals surface area contributed by atoms with Crippen molar-refractivity contribution in [2.75, 3.05) is 6.61 Å². The van der Waals surface area contributed by atoms with Gasteiger partial charge >= 0.3 is 0 Å². The monoisotopic (exact) mass is 402 g/mol. The quantitative estimate of drug-likeness (QED) is 0.447. The first-order chi connectivity index (χ1) is 12.7. The Morgan fingerprint density at radius 1 is 0.889 bits per heavy atom. The molecule has 0 saturated carbocycles. The topological polar surface area (TPSA) is 9.23 Å². The minimum atomic E-state index is -0.437. The van der Waals surface area contributed by atoms with Crippen LogP contribution in [0.15, 0.2) is 60.3 Å². The molecule has 0 aliphatic carbocycles. The highest BCUT2D eigenvalue weighted by molar-refractivity contribution is 6.31. The van der Waals surface area contributed by atoms with E-state index in [-0.39, 0.29) is 5.41 Å². The molecule has 1 nitrogen and oxygen atoms in total. The summed E-state index contributed by atoms with van der Waals surface area (Å²) in [4.78, 5) is 0. The Morgan fingerprint density at radius 3 is 1.70 bits per heavy atom. The maximum atomic E-state index is 6.23. The van der Waals surface area contributed by atoms with E-state index in [1.54, 1.807) is 0 Å². The third-order valence-corrected chi connectivity index (χ3v) is 5.36. The molecular formula is C24H28Cl2O. The van der Waals surface area contributed by atoms with Gasteiger partial charge in [0, 0.05) is 22.2 Å². The van der Waals surface area contributed by atoms with Crippen molar-refractivity contribution < 1.29 is 4.74 Å². The Kier molecular flexibility index (Phi) is 7.37. The standard InChI is InChI=1S/C24H28Cl2O/c1-6-17-27-24(5,23(2,3)4)16-15-22(18-7-11-20(25)12-8-18)19-9-13-21(26)14-10-19/h7-14,16H,6,17H2,1-5H3. The lowest BCUT2D eigenvalue weighted by molar-refractivity contribution is -0.0671. The minimum Gasteiger partial charge on any atom is -0.370 e. The fraction of sp³-hybridized carbons (Fsp3) is 0.375. The van der Waals surface area contributed by atoms with Crippen molar-refractivity contribution in [1.29, 1.82) is 0 Å². The van der Waals surface area contributed by atoms with Gasteiger partial charge in [0.2, 0.25) is 0 Å². The molecule has 27 heavy (non-hydrogen) atoms. The van der Waals surface area contributed by atoms with Crippen molar-refractivity contribution in [1.82, 2.24) is 0 Å². The first-order valence-corrected chi connectivity index (χ1v) is 10.1. The second-order valence-electron chi connectivity index (χ2n) is 7.88. The number of hydrogen-bond acceptors (Lipinski definition) is 1. The zero-order valence-corrected chi connectivity index (χ0v) is 18.3. The van der Waals surface area contributed by atoms with Crippen LogP contribution in [0, 0.1) is 5.41 Å². The highest BCUT2D eigenvalue weighted by atomic mass is 35.5. The van der Waals surface area contributed by atoms with E-state index in [0.717, 1.165) is 23.1 Å². The maximum absolute atomic E-state index is 6.23. The molecule has 2 rings (SSSR count). The molecule has 0 radical (unpaired) electrons. The lowest BCUT2D eigenvalue weighted by atomic mass is 9.77. The van der Waals surface area contributed by atoms with Crippen LogP contribution in [0.1, 0.15) is 52.2 Å². The van der Waals surface area contributed by atoms with Crippen molar-refractivity contribution in [2.45, 2.75) is 46.6 Å². The summed E-state index contributed by atoms with van der Waals surface area (Å²) in [7, 11) is 0. The number of rotatable bonds is 6. The first-order valence-electron chi connectivity index (χ1n) is 9.30. The molecule has 0 amide bonds. The molecule has 2 aromatic rings. The molecule has 0 aliphatic heterocycles. The average molecular weight is 403 g/mol. The summed E-state index contributed by atoms with van der Waals surface area (Å²) >= 11 is 12.1. The van der Waals surface area contributed by atoms with Gasteiger partial charge in [0.15, 0.2) is 0 Å². The van der Waals surface area contributed by atoms with E-state index in [2.05, 4.69) is 46.4 Å². The summed E-state index contributed by atoms with van der Waals surface area (Å²) in [6.07, 6.45) is 3.03. The predicted molar refractivity (Wildman–Crippen MR) is 118 cm³/mol. The van der Waals surface area contributed by atoms with Crippen molar-refractivity contribution in [3.8, 4) is 0 Å². The Balaban J connectivity index is 2.61. The van der Waals surface area contributed by atoms with E-state index >= 15 is 0 Å². The normalized spacial score (nSPS) is 13.6. The van der Waals surface area contributed by atoms with E-state index in [1.165, 1.54) is 0 Å². The lowest BCUT2D eigenvalue weighted by Gasteiger charge is -2.39. The zero-order valence-electron chi connectivity index (χ0n) is 16.8. The van der Waals surface area contributed by atoms with Crippen molar-refractivity contribution in [2.24, 2.45) is 5.41 Å². The van der Waals surface area contributed by atoms with E-state index < -0.39 is 5.60 Å². The van der Waals surface area contributed by atoms with Gasteiger partial charge in [-0.05, 0) is 60.2 Å². The average Bonchev–Trinajstić information content (AvgIpc) is 2.62. The van der Waals surface area contributed by atoms with Gasteiger partial charge < -0.3 is 4.74 Å². The summed E-state index contributed by atoms with van der Waals surface area (Å²) in [5.41, 5.74) is 6.10. The van der Waals surface area contributed by atoms with E-state index in [9.17, 15) is 0 Å². The fourth-order valence-corrected chi connectivity index (χ4v) is 2.82. The molecule has 0 heterocycles. The molecular weight excluding hydrogens is 375 g/mol. The third kappa shape index (κ3) is 5.74. The van der Waals surface area contributed by atoms with E-state index in [1.807, 2.05) is 48.5 Å². The molecule has 0 N–H and O–H groups in total.